The van der Waals surface area contributed by atoms with Crippen molar-refractivity contribution in [2.24, 2.45) is 0 Å². The van der Waals surface area contributed by atoms with Crippen molar-refractivity contribution in [1.29, 1.82) is 0 Å². The van der Waals surface area contributed by atoms with E-state index in [4.69, 9.17) is 20.5 Å². The number of carbonyl (C=O) groups excluding carboxylic acids is 1. The lowest BCUT2D eigenvalue weighted by atomic mass is 10.1. The van der Waals surface area contributed by atoms with Crippen LogP contribution in [0, 0.1) is 5.82 Å². The van der Waals surface area contributed by atoms with E-state index in [1.54, 1.807) is 20.8 Å². The molecular formula is C14H19ClFNO5S. The van der Waals surface area contributed by atoms with E-state index in [1.165, 1.54) is 12.1 Å². The van der Waals surface area contributed by atoms with Gasteiger partial charge >= 0.3 is 6.09 Å². The molecule has 23 heavy (non-hydrogen) atoms. The number of benzene rings is 1. The van der Waals surface area contributed by atoms with Gasteiger partial charge in [-0.3, -0.25) is 4.18 Å². The summed E-state index contributed by atoms with van der Waals surface area (Å²) in [4.78, 5) is 11.9. The zero-order valence-corrected chi connectivity index (χ0v) is 14.8. The number of ether oxygens (including phenoxy) is 1. The number of amides is 1. The fourth-order valence-corrected chi connectivity index (χ4v) is 2.16. The van der Waals surface area contributed by atoms with Gasteiger partial charge in [-0.25, -0.2) is 9.18 Å². The van der Waals surface area contributed by atoms with Crippen LogP contribution in [0.15, 0.2) is 18.2 Å². The van der Waals surface area contributed by atoms with Crippen LogP contribution in [0.2, 0.25) is 5.02 Å². The maximum Gasteiger partial charge on any atom is 0.408 e. The second kappa shape index (κ2) is 7.46. The third-order valence-electron chi connectivity index (χ3n) is 2.49. The lowest BCUT2D eigenvalue weighted by molar-refractivity contribution is 0.0487. The van der Waals surface area contributed by atoms with Crippen LogP contribution in [-0.2, 0) is 19.0 Å². The molecule has 1 aromatic carbocycles. The number of rotatable bonds is 5. The molecule has 0 heterocycles. The summed E-state index contributed by atoms with van der Waals surface area (Å²) in [6.45, 7) is 4.68. The van der Waals surface area contributed by atoms with Gasteiger partial charge in [0.2, 0.25) is 0 Å². The number of halogens is 2. The monoisotopic (exact) mass is 367 g/mol. The zero-order chi connectivity index (χ0) is 17.8. The lowest BCUT2D eigenvalue weighted by Crippen LogP contribution is -2.37. The van der Waals surface area contributed by atoms with E-state index in [2.05, 4.69) is 5.32 Å². The minimum atomic E-state index is -3.72. The minimum absolute atomic E-state index is 0.155. The van der Waals surface area contributed by atoms with Gasteiger partial charge < -0.3 is 10.1 Å². The van der Waals surface area contributed by atoms with Gasteiger partial charge in [0, 0.05) is 0 Å². The summed E-state index contributed by atoms with van der Waals surface area (Å²) >= 11 is 5.71. The Morgan fingerprint density at radius 2 is 2.00 bits per heavy atom. The van der Waals surface area contributed by atoms with E-state index in [0.717, 1.165) is 12.3 Å². The molecule has 0 unspecified atom stereocenters. The highest BCUT2D eigenvalue weighted by Crippen LogP contribution is 2.22. The fraction of sp³-hybridized carbons (Fsp3) is 0.500. The Labute approximate surface area is 140 Å². The van der Waals surface area contributed by atoms with Crippen molar-refractivity contribution < 1.29 is 26.5 Å². The van der Waals surface area contributed by atoms with Crippen molar-refractivity contribution in [1.82, 2.24) is 5.32 Å². The molecule has 0 saturated heterocycles. The van der Waals surface area contributed by atoms with Gasteiger partial charge in [0.05, 0.1) is 23.9 Å². The van der Waals surface area contributed by atoms with Crippen LogP contribution < -0.4 is 5.32 Å². The first-order valence-electron chi connectivity index (χ1n) is 6.66. The van der Waals surface area contributed by atoms with E-state index in [0.29, 0.717) is 5.56 Å². The van der Waals surface area contributed by atoms with Crippen molar-refractivity contribution in [3.63, 3.8) is 0 Å². The topological polar surface area (TPSA) is 81.7 Å². The Morgan fingerprint density at radius 1 is 1.39 bits per heavy atom. The van der Waals surface area contributed by atoms with Gasteiger partial charge in [-0.15, -0.1) is 0 Å². The number of nitrogens with one attached hydrogen (secondary N) is 1. The summed E-state index contributed by atoms with van der Waals surface area (Å²) in [7, 11) is -3.72. The van der Waals surface area contributed by atoms with Crippen LogP contribution in [-0.4, -0.2) is 33.0 Å². The molecular weight excluding hydrogens is 349 g/mol. The normalized spacial score (nSPS) is 13.5. The quantitative estimate of drug-likeness (QED) is 0.809. The average molecular weight is 368 g/mol. The van der Waals surface area contributed by atoms with Gasteiger partial charge in [-0.2, -0.15) is 8.42 Å². The van der Waals surface area contributed by atoms with E-state index in [1.807, 2.05) is 0 Å². The van der Waals surface area contributed by atoms with Crippen LogP contribution in [0.3, 0.4) is 0 Å². The van der Waals surface area contributed by atoms with Crippen molar-refractivity contribution in [3.05, 3.63) is 34.6 Å². The molecule has 1 N–H and O–H groups in total. The summed E-state index contributed by atoms with van der Waals surface area (Å²) in [5.41, 5.74) is -0.349. The van der Waals surface area contributed by atoms with Crippen molar-refractivity contribution in [2.45, 2.75) is 32.4 Å². The van der Waals surface area contributed by atoms with Gasteiger partial charge in [0.25, 0.3) is 10.1 Å². The highest BCUT2D eigenvalue weighted by Gasteiger charge is 2.22. The fourth-order valence-electron chi connectivity index (χ4n) is 1.59. The van der Waals surface area contributed by atoms with E-state index in [-0.39, 0.29) is 11.6 Å². The molecule has 0 saturated carbocycles. The Balaban J connectivity index is 2.96. The van der Waals surface area contributed by atoms with Gasteiger partial charge in [-0.1, -0.05) is 17.7 Å². The Morgan fingerprint density at radius 3 is 2.48 bits per heavy atom. The smallest absolute Gasteiger partial charge is 0.408 e. The molecule has 0 fully saturated rings. The number of alkyl carbamates (subject to hydrolysis) is 1. The van der Waals surface area contributed by atoms with Crippen LogP contribution >= 0.6 is 11.6 Å². The molecule has 1 atom stereocenters. The second-order valence-electron chi connectivity index (χ2n) is 5.86. The Hall–Kier alpha value is -1.38. The standard InChI is InChI=1S/C14H19ClFNO5S/c1-14(2,3)22-13(18)17-12(8-21-23(4,19)20)9-5-6-11(16)10(15)7-9/h5-7,12H,8H2,1-4H3,(H,17,18)/t12-/m1/s1. The minimum Gasteiger partial charge on any atom is -0.444 e. The first-order valence-corrected chi connectivity index (χ1v) is 8.86. The molecule has 130 valence electrons. The molecule has 0 aliphatic heterocycles. The summed E-state index contributed by atoms with van der Waals surface area (Å²) < 4.78 is 45.4. The summed E-state index contributed by atoms with van der Waals surface area (Å²) in [5, 5.41) is 2.32. The molecule has 1 aromatic rings. The molecule has 9 heteroatoms. The molecule has 0 aromatic heterocycles. The molecule has 0 aliphatic carbocycles. The van der Waals surface area contributed by atoms with Gasteiger partial charge in [0.1, 0.15) is 11.4 Å². The molecule has 0 aliphatic rings. The Bertz CT molecular complexity index is 672. The molecule has 6 nitrogen and oxygen atoms in total. The number of carbonyl (C=O) groups is 1. The van der Waals surface area contributed by atoms with Crippen LogP contribution in [0.1, 0.15) is 32.4 Å². The summed E-state index contributed by atoms with van der Waals surface area (Å²) in [5.74, 6) is -0.629. The first-order chi connectivity index (χ1) is 10.4. The lowest BCUT2D eigenvalue weighted by Gasteiger charge is -2.23. The van der Waals surface area contributed by atoms with Gasteiger partial charge in [-0.05, 0) is 38.5 Å². The maximum atomic E-state index is 13.3. The van der Waals surface area contributed by atoms with Crippen LogP contribution in [0.5, 0.6) is 0 Å². The zero-order valence-electron chi connectivity index (χ0n) is 13.2. The maximum absolute atomic E-state index is 13.3. The highest BCUT2D eigenvalue weighted by atomic mass is 35.5. The summed E-state index contributed by atoms with van der Waals surface area (Å²) in [6, 6.07) is 2.89. The second-order valence-corrected chi connectivity index (χ2v) is 7.91. The van der Waals surface area contributed by atoms with Crippen LogP contribution in [0.25, 0.3) is 0 Å². The van der Waals surface area contributed by atoms with Crippen molar-refractivity contribution in [3.8, 4) is 0 Å². The van der Waals surface area contributed by atoms with E-state index >= 15 is 0 Å². The number of hydrogen-bond acceptors (Lipinski definition) is 5. The molecule has 0 bridgehead atoms. The van der Waals surface area contributed by atoms with Gasteiger partial charge in [0.15, 0.2) is 0 Å². The predicted octanol–water partition coefficient (Wildman–Crippen LogP) is 3.02. The van der Waals surface area contributed by atoms with E-state index < -0.39 is 33.7 Å². The molecule has 0 radical (unpaired) electrons. The Kier molecular flexibility index (Phi) is 6.38. The van der Waals surface area contributed by atoms with E-state index in [9.17, 15) is 17.6 Å². The molecule has 1 amide bonds. The highest BCUT2D eigenvalue weighted by molar-refractivity contribution is 7.85. The largest absolute Gasteiger partial charge is 0.444 e. The first kappa shape index (κ1) is 19.7. The van der Waals surface area contributed by atoms with Crippen molar-refractivity contribution >= 4 is 27.8 Å². The third kappa shape index (κ3) is 7.62. The SMILES string of the molecule is CC(C)(C)OC(=O)N[C@H](COS(C)(=O)=O)c1ccc(F)c(Cl)c1. The summed E-state index contributed by atoms with van der Waals surface area (Å²) in [6.07, 6.45) is 0.120. The van der Waals surface area contributed by atoms with Crippen LogP contribution in [0.4, 0.5) is 9.18 Å². The predicted molar refractivity (Wildman–Crippen MR) is 84.3 cm³/mol. The average Bonchev–Trinajstić information content (AvgIpc) is 2.34. The van der Waals surface area contributed by atoms with Crippen molar-refractivity contribution in [2.75, 3.05) is 12.9 Å². The number of hydrogen-bond donors (Lipinski definition) is 1. The molecule has 1 rings (SSSR count). The third-order valence-corrected chi connectivity index (χ3v) is 3.34. The molecule has 0 spiro atoms.